The minimum Gasteiger partial charge on any atom is -0.326 e. The maximum absolute atomic E-state index is 12.7. The molecule has 0 atom stereocenters. The SMILES string of the molecule is Cc1cc(S(=O)(=O)NCC(F)(F)C(F)F)ccc1CN. The Morgan fingerprint density at radius 3 is 2.40 bits per heavy atom. The van der Waals surface area contributed by atoms with Crippen LogP contribution < -0.4 is 10.5 Å². The predicted octanol–water partition coefficient (Wildman–Crippen LogP) is 1.63. The highest BCUT2D eigenvalue weighted by Gasteiger charge is 2.41. The molecule has 0 radical (unpaired) electrons. The third-order valence-corrected chi connectivity index (χ3v) is 4.06. The zero-order valence-electron chi connectivity index (χ0n) is 10.5. The van der Waals surface area contributed by atoms with Crippen LogP contribution >= 0.6 is 0 Å². The molecular formula is C11H14F4N2O2S. The molecule has 9 heteroatoms. The third-order valence-electron chi connectivity index (χ3n) is 2.66. The van der Waals surface area contributed by atoms with Gasteiger partial charge in [-0.25, -0.2) is 21.9 Å². The number of rotatable bonds is 6. The second kappa shape index (κ2) is 6.06. The molecule has 0 aliphatic carbocycles. The number of aryl methyl sites for hydroxylation is 1. The van der Waals surface area contributed by atoms with Gasteiger partial charge in [0.25, 0.3) is 0 Å². The van der Waals surface area contributed by atoms with Crippen molar-refractivity contribution in [3.05, 3.63) is 29.3 Å². The smallest absolute Gasteiger partial charge is 0.320 e. The molecule has 0 saturated heterocycles. The molecular weight excluding hydrogens is 300 g/mol. The van der Waals surface area contributed by atoms with Gasteiger partial charge in [0.05, 0.1) is 11.4 Å². The molecule has 114 valence electrons. The van der Waals surface area contributed by atoms with E-state index in [0.29, 0.717) is 11.1 Å². The Morgan fingerprint density at radius 1 is 1.35 bits per heavy atom. The molecule has 0 aromatic heterocycles. The summed E-state index contributed by atoms with van der Waals surface area (Å²) in [7, 11) is -4.28. The van der Waals surface area contributed by atoms with Crippen molar-refractivity contribution in [3.63, 3.8) is 0 Å². The van der Waals surface area contributed by atoms with Crippen LogP contribution in [0.3, 0.4) is 0 Å². The molecule has 0 saturated carbocycles. The van der Waals surface area contributed by atoms with Crippen LogP contribution in [0, 0.1) is 6.92 Å². The van der Waals surface area contributed by atoms with Gasteiger partial charge in [-0.2, -0.15) is 8.78 Å². The summed E-state index contributed by atoms with van der Waals surface area (Å²) in [6.45, 7) is 0.142. The lowest BCUT2D eigenvalue weighted by molar-refractivity contribution is -0.122. The maximum Gasteiger partial charge on any atom is 0.320 e. The van der Waals surface area contributed by atoms with E-state index in [0.717, 1.165) is 0 Å². The topological polar surface area (TPSA) is 72.2 Å². The first-order chi connectivity index (χ1) is 9.10. The van der Waals surface area contributed by atoms with E-state index in [1.165, 1.54) is 22.9 Å². The first kappa shape index (κ1) is 16.9. The van der Waals surface area contributed by atoms with E-state index < -0.39 is 28.9 Å². The Bertz CT molecular complexity index is 576. The van der Waals surface area contributed by atoms with Gasteiger partial charge >= 0.3 is 12.3 Å². The maximum atomic E-state index is 12.7. The van der Waals surface area contributed by atoms with Crippen LogP contribution in [0.2, 0.25) is 0 Å². The second-order valence-electron chi connectivity index (χ2n) is 4.18. The number of sulfonamides is 1. The third kappa shape index (κ3) is 3.90. The highest BCUT2D eigenvalue weighted by atomic mass is 32.2. The molecule has 4 nitrogen and oxygen atoms in total. The Hall–Kier alpha value is -1.19. The van der Waals surface area contributed by atoms with E-state index in [4.69, 9.17) is 5.73 Å². The molecule has 0 spiro atoms. The van der Waals surface area contributed by atoms with E-state index in [9.17, 15) is 26.0 Å². The fraction of sp³-hybridized carbons (Fsp3) is 0.455. The zero-order valence-corrected chi connectivity index (χ0v) is 11.4. The average Bonchev–Trinajstić information content (AvgIpc) is 2.36. The van der Waals surface area contributed by atoms with Gasteiger partial charge in [0.1, 0.15) is 0 Å². The van der Waals surface area contributed by atoms with Crippen molar-refractivity contribution >= 4 is 10.0 Å². The normalized spacial score (nSPS) is 12.9. The molecule has 0 fully saturated rings. The summed E-state index contributed by atoms with van der Waals surface area (Å²) >= 11 is 0. The zero-order chi connectivity index (χ0) is 15.6. The van der Waals surface area contributed by atoms with Gasteiger partial charge in [0, 0.05) is 6.54 Å². The minimum atomic E-state index is -4.42. The Kier molecular flexibility index (Phi) is 5.11. The summed E-state index contributed by atoms with van der Waals surface area (Å²) < 4.78 is 74.2. The number of alkyl halides is 4. The fourth-order valence-electron chi connectivity index (χ4n) is 1.42. The lowest BCUT2D eigenvalue weighted by Gasteiger charge is -2.16. The van der Waals surface area contributed by atoms with E-state index in [2.05, 4.69) is 0 Å². The Labute approximate surface area is 114 Å². The summed E-state index contributed by atoms with van der Waals surface area (Å²) in [4.78, 5) is -0.280. The number of nitrogens with two attached hydrogens (primary N) is 1. The van der Waals surface area contributed by atoms with Crippen molar-refractivity contribution in [3.8, 4) is 0 Å². The quantitative estimate of drug-likeness (QED) is 0.784. The number of nitrogens with one attached hydrogen (secondary N) is 1. The molecule has 1 aromatic carbocycles. The predicted molar refractivity (Wildman–Crippen MR) is 65.2 cm³/mol. The summed E-state index contributed by atoms with van der Waals surface area (Å²) in [5.41, 5.74) is 6.67. The summed E-state index contributed by atoms with van der Waals surface area (Å²) in [6, 6.07) is 3.86. The van der Waals surface area contributed by atoms with Gasteiger partial charge < -0.3 is 5.73 Å². The van der Waals surface area contributed by atoms with Crippen LogP contribution in [0.1, 0.15) is 11.1 Å². The molecule has 0 heterocycles. The number of hydrogen-bond acceptors (Lipinski definition) is 3. The van der Waals surface area contributed by atoms with Crippen LogP contribution in [-0.2, 0) is 16.6 Å². The monoisotopic (exact) mass is 314 g/mol. The van der Waals surface area contributed by atoms with Gasteiger partial charge in [-0.05, 0) is 30.2 Å². The Balaban J connectivity index is 2.92. The van der Waals surface area contributed by atoms with Crippen molar-refractivity contribution in [2.24, 2.45) is 5.73 Å². The van der Waals surface area contributed by atoms with Gasteiger partial charge in [-0.3, -0.25) is 0 Å². The van der Waals surface area contributed by atoms with Crippen LogP contribution in [0.25, 0.3) is 0 Å². The molecule has 0 aliphatic heterocycles. The van der Waals surface area contributed by atoms with E-state index in [1.54, 1.807) is 6.92 Å². The van der Waals surface area contributed by atoms with Gasteiger partial charge in [0.2, 0.25) is 10.0 Å². The lowest BCUT2D eigenvalue weighted by Crippen LogP contribution is -2.41. The van der Waals surface area contributed by atoms with Crippen LogP contribution in [-0.4, -0.2) is 27.3 Å². The van der Waals surface area contributed by atoms with Crippen LogP contribution in [0.15, 0.2) is 23.1 Å². The van der Waals surface area contributed by atoms with Gasteiger partial charge in [0.15, 0.2) is 0 Å². The van der Waals surface area contributed by atoms with Crippen molar-refractivity contribution in [2.45, 2.75) is 30.7 Å². The van der Waals surface area contributed by atoms with Crippen molar-refractivity contribution in [1.82, 2.24) is 4.72 Å². The molecule has 0 bridgehead atoms. The molecule has 20 heavy (non-hydrogen) atoms. The van der Waals surface area contributed by atoms with Gasteiger partial charge in [-0.15, -0.1) is 0 Å². The van der Waals surface area contributed by atoms with Crippen molar-refractivity contribution in [1.29, 1.82) is 0 Å². The average molecular weight is 314 g/mol. The van der Waals surface area contributed by atoms with Crippen LogP contribution in [0.5, 0.6) is 0 Å². The molecule has 1 rings (SSSR count). The molecule has 1 aromatic rings. The van der Waals surface area contributed by atoms with Crippen LogP contribution in [0.4, 0.5) is 17.6 Å². The number of halogens is 4. The summed E-state index contributed by atoms with van der Waals surface area (Å²) in [5, 5.41) is 0. The molecule has 0 unspecified atom stereocenters. The molecule has 0 amide bonds. The van der Waals surface area contributed by atoms with E-state index >= 15 is 0 Å². The van der Waals surface area contributed by atoms with Gasteiger partial charge in [-0.1, -0.05) is 6.07 Å². The largest absolute Gasteiger partial charge is 0.326 e. The Morgan fingerprint density at radius 2 is 1.95 bits per heavy atom. The van der Waals surface area contributed by atoms with Crippen molar-refractivity contribution < 1.29 is 26.0 Å². The molecule has 3 N–H and O–H groups in total. The summed E-state index contributed by atoms with van der Waals surface area (Å²) in [6.07, 6.45) is -3.94. The first-order valence-electron chi connectivity index (χ1n) is 5.55. The van der Waals surface area contributed by atoms with E-state index in [1.807, 2.05) is 0 Å². The highest BCUT2D eigenvalue weighted by molar-refractivity contribution is 7.89. The van der Waals surface area contributed by atoms with E-state index in [-0.39, 0.29) is 11.4 Å². The lowest BCUT2D eigenvalue weighted by atomic mass is 10.1. The molecule has 0 aliphatic rings. The standard InChI is InChI=1S/C11H14F4N2O2S/c1-7-4-9(3-2-8(7)5-16)20(18,19)17-6-11(14,15)10(12)13/h2-4,10,17H,5-6,16H2,1H3. The second-order valence-corrected chi connectivity index (χ2v) is 5.95. The number of benzene rings is 1. The first-order valence-corrected chi connectivity index (χ1v) is 7.03. The minimum absolute atomic E-state index is 0.197. The number of hydrogen-bond donors (Lipinski definition) is 2. The summed E-state index contributed by atoms with van der Waals surface area (Å²) in [5.74, 6) is -4.42. The van der Waals surface area contributed by atoms with Crippen molar-refractivity contribution in [2.75, 3.05) is 6.54 Å². The fourth-order valence-corrected chi connectivity index (χ4v) is 2.54. The highest BCUT2D eigenvalue weighted by Crippen LogP contribution is 2.23.